The van der Waals surface area contributed by atoms with Crippen LogP contribution in [0.25, 0.3) is 0 Å². The van der Waals surface area contributed by atoms with E-state index < -0.39 is 0 Å². The summed E-state index contributed by atoms with van der Waals surface area (Å²) in [5, 5.41) is 10.2. The Kier molecular flexibility index (Phi) is 4.61. The summed E-state index contributed by atoms with van der Waals surface area (Å²) >= 11 is 0. The second-order valence-corrected chi connectivity index (χ2v) is 5.13. The topological polar surface area (TPSA) is 55.5 Å². The molecule has 0 bridgehead atoms. The van der Waals surface area contributed by atoms with Gasteiger partial charge in [0, 0.05) is 5.92 Å². The first-order valence-electron chi connectivity index (χ1n) is 6.78. The maximum absolute atomic E-state index is 10.2. The normalized spacial score (nSPS) is 25.7. The van der Waals surface area contributed by atoms with Gasteiger partial charge in [0.1, 0.15) is 5.75 Å². The summed E-state index contributed by atoms with van der Waals surface area (Å²) in [5.41, 5.74) is 7.14. The number of aliphatic hydroxyl groups excluding tert-OH is 1. The largest absolute Gasteiger partial charge is 0.497 e. The summed E-state index contributed by atoms with van der Waals surface area (Å²) in [6.07, 6.45) is 4.13. The standard InChI is InChI=1S/C15H23NO2/c1-18-12-8-6-11(7-9-12)14(10-16)13-4-2-3-5-15(13)17/h6-9,13-15,17H,2-5,10,16H2,1H3/t13-,14-,15?/m0/s1. The quantitative estimate of drug-likeness (QED) is 0.860. The molecule has 100 valence electrons. The van der Waals surface area contributed by atoms with Crippen molar-refractivity contribution in [1.29, 1.82) is 0 Å². The van der Waals surface area contributed by atoms with Crippen LogP contribution in [0, 0.1) is 5.92 Å². The van der Waals surface area contributed by atoms with Gasteiger partial charge in [-0.25, -0.2) is 0 Å². The first-order valence-corrected chi connectivity index (χ1v) is 6.78. The molecule has 2 rings (SSSR count). The molecule has 0 amide bonds. The predicted octanol–water partition coefficient (Wildman–Crippen LogP) is 2.29. The van der Waals surface area contributed by atoms with E-state index in [2.05, 4.69) is 12.1 Å². The van der Waals surface area contributed by atoms with Crippen LogP contribution in [0.4, 0.5) is 0 Å². The molecule has 1 aliphatic carbocycles. The first kappa shape index (κ1) is 13.4. The highest BCUT2D eigenvalue weighted by Gasteiger charge is 2.30. The lowest BCUT2D eigenvalue weighted by atomic mass is 9.75. The van der Waals surface area contributed by atoms with Crippen LogP contribution in [0.15, 0.2) is 24.3 Å². The zero-order chi connectivity index (χ0) is 13.0. The molecule has 0 saturated heterocycles. The van der Waals surface area contributed by atoms with Gasteiger partial charge >= 0.3 is 0 Å². The maximum atomic E-state index is 10.2. The molecule has 0 radical (unpaired) electrons. The molecular formula is C15H23NO2. The van der Waals surface area contributed by atoms with Gasteiger partial charge in [-0.3, -0.25) is 0 Å². The van der Waals surface area contributed by atoms with Crippen LogP contribution in [0.3, 0.4) is 0 Å². The SMILES string of the molecule is COc1ccc([C@H](CN)[C@@H]2CCCCC2O)cc1. The number of rotatable bonds is 4. The molecule has 0 aromatic heterocycles. The lowest BCUT2D eigenvalue weighted by Crippen LogP contribution is -2.33. The summed E-state index contributed by atoms with van der Waals surface area (Å²) < 4.78 is 5.17. The van der Waals surface area contributed by atoms with Crippen LogP contribution in [-0.4, -0.2) is 24.9 Å². The van der Waals surface area contributed by atoms with Gasteiger partial charge in [-0.05, 0) is 43.0 Å². The fraction of sp³-hybridized carbons (Fsp3) is 0.600. The monoisotopic (exact) mass is 249 g/mol. The molecule has 1 unspecified atom stereocenters. The van der Waals surface area contributed by atoms with E-state index in [0.717, 1.165) is 25.0 Å². The number of aliphatic hydroxyl groups is 1. The second-order valence-electron chi connectivity index (χ2n) is 5.13. The molecule has 3 atom stereocenters. The van der Waals surface area contributed by atoms with Gasteiger partial charge < -0.3 is 15.6 Å². The Morgan fingerprint density at radius 3 is 2.50 bits per heavy atom. The molecule has 0 spiro atoms. The van der Waals surface area contributed by atoms with Gasteiger partial charge in [-0.1, -0.05) is 25.0 Å². The van der Waals surface area contributed by atoms with E-state index in [0.29, 0.717) is 12.5 Å². The van der Waals surface area contributed by atoms with Gasteiger partial charge in [-0.15, -0.1) is 0 Å². The minimum absolute atomic E-state index is 0.200. The van der Waals surface area contributed by atoms with Crippen LogP contribution < -0.4 is 10.5 Å². The van der Waals surface area contributed by atoms with E-state index in [9.17, 15) is 5.11 Å². The van der Waals surface area contributed by atoms with E-state index in [-0.39, 0.29) is 12.0 Å². The highest BCUT2D eigenvalue weighted by Crippen LogP contribution is 2.36. The summed E-state index contributed by atoms with van der Waals surface area (Å²) in [6, 6.07) is 8.07. The van der Waals surface area contributed by atoms with Crippen molar-refractivity contribution in [2.45, 2.75) is 37.7 Å². The Hall–Kier alpha value is -1.06. The fourth-order valence-electron chi connectivity index (χ4n) is 3.02. The number of methoxy groups -OCH3 is 1. The lowest BCUT2D eigenvalue weighted by Gasteiger charge is -2.34. The van der Waals surface area contributed by atoms with Crippen molar-refractivity contribution < 1.29 is 9.84 Å². The summed E-state index contributed by atoms with van der Waals surface area (Å²) in [4.78, 5) is 0. The lowest BCUT2D eigenvalue weighted by molar-refractivity contribution is 0.0561. The third-order valence-electron chi connectivity index (χ3n) is 4.10. The molecule has 3 heteroatoms. The number of nitrogens with two attached hydrogens (primary N) is 1. The van der Waals surface area contributed by atoms with E-state index in [1.165, 1.54) is 12.0 Å². The zero-order valence-electron chi connectivity index (χ0n) is 11.0. The van der Waals surface area contributed by atoms with E-state index >= 15 is 0 Å². The first-order chi connectivity index (χ1) is 8.76. The van der Waals surface area contributed by atoms with Crippen molar-refractivity contribution in [3.05, 3.63) is 29.8 Å². The van der Waals surface area contributed by atoms with Crippen LogP contribution in [0.5, 0.6) is 5.75 Å². The minimum Gasteiger partial charge on any atom is -0.497 e. The molecule has 18 heavy (non-hydrogen) atoms. The zero-order valence-corrected chi connectivity index (χ0v) is 11.0. The van der Waals surface area contributed by atoms with Gasteiger partial charge in [0.15, 0.2) is 0 Å². The summed E-state index contributed by atoms with van der Waals surface area (Å²) in [7, 11) is 1.67. The molecule has 0 aliphatic heterocycles. The second kappa shape index (κ2) is 6.21. The molecule has 1 fully saturated rings. The van der Waals surface area contributed by atoms with Gasteiger partial charge in [0.05, 0.1) is 13.2 Å². The molecule has 1 saturated carbocycles. The van der Waals surface area contributed by atoms with E-state index in [1.54, 1.807) is 7.11 Å². The number of hydrogen-bond acceptors (Lipinski definition) is 3. The number of ether oxygens (including phenoxy) is 1. The predicted molar refractivity (Wildman–Crippen MR) is 72.8 cm³/mol. The Labute approximate surface area is 109 Å². The van der Waals surface area contributed by atoms with E-state index in [1.807, 2.05) is 12.1 Å². The smallest absolute Gasteiger partial charge is 0.118 e. The maximum Gasteiger partial charge on any atom is 0.118 e. The van der Waals surface area contributed by atoms with Crippen molar-refractivity contribution in [3.8, 4) is 5.75 Å². The molecule has 1 aromatic carbocycles. The number of hydrogen-bond donors (Lipinski definition) is 2. The van der Waals surface area contributed by atoms with Crippen molar-refractivity contribution >= 4 is 0 Å². The Morgan fingerprint density at radius 2 is 1.94 bits per heavy atom. The van der Waals surface area contributed by atoms with Crippen LogP contribution in [-0.2, 0) is 0 Å². The summed E-state index contributed by atoms with van der Waals surface area (Å²) in [5.74, 6) is 1.42. The van der Waals surface area contributed by atoms with Crippen LogP contribution >= 0.6 is 0 Å². The van der Waals surface area contributed by atoms with Gasteiger partial charge in [0.25, 0.3) is 0 Å². The molecule has 1 aromatic rings. The van der Waals surface area contributed by atoms with Crippen molar-refractivity contribution in [2.24, 2.45) is 11.7 Å². The average molecular weight is 249 g/mol. The Bertz CT molecular complexity index is 363. The molecule has 0 heterocycles. The molecule has 1 aliphatic rings. The van der Waals surface area contributed by atoms with E-state index in [4.69, 9.17) is 10.5 Å². The third kappa shape index (κ3) is 2.85. The third-order valence-corrected chi connectivity index (χ3v) is 4.10. The van der Waals surface area contributed by atoms with Crippen LogP contribution in [0.2, 0.25) is 0 Å². The van der Waals surface area contributed by atoms with Gasteiger partial charge in [-0.2, -0.15) is 0 Å². The fourth-order valence-corrected chi connectivity index (χ4v) is 3.02. The summed E-state index contributed by atoms with van der Waals surface area (Å²) in [6.45, 7) is 0.591. The van der Waals surface area contributed by atoms with Crippen molar-refractivity contribution in [3.63, 3.8) is 0 Å². The Balaban J connectivity index is 2.15. The Morgan fingerprint density at radius 1 is 1.28 bits per heavy atom. The average Bonchev–Trinajstić information content (AvgIpc) is 2.42. The van der Waals surface area contributed by atoms with Gasteiger partial charge in [0.2, 0.25) is 0 Å². The highest BCUT2D eigenvalue weighted by molar-refractivity contribution is 5.30. The van der Waals surface area contributed by atoms with Crippen molar-refractivity contribution in [2.75, 3.05) is 13.7 Å². The molecule has 3 N–H and O–H groups in total. The van der Waals surface area contributed by atoms with Crippen LogP contribution in [0.1, 0.15) is 37.2 Å². The highest BCUT2D eigenvalue weighted by atomic mass is 16.5. The molecule has 3 nitrogen and oxygen atoms in total. The number of benzene rings is 1. The molecular weight excluding hydrogens is 226 g/mol. The van der Waals surface area contributed by atoms with Crippen molar-refractivity contribution in [1.82, 2.24) is 0 Å². The minimum atomic E-state index is -0.200.